The molecule has 1 aliphatic rings. The van der Waals surface area contributed by atoms with Crippen LogP contribution in [0.2, 0.25) is 0 Å². The lowest BCUT2D eigenvalue weighted by molar-refractivity contribution is 0.709. The van der Waals surface area contributed by atoms with E-state index in [0.29, 0.717) is 5.92 Å². The molecule has 0 spiro atoms. The molecule has 0 aliphatic carbocycles. The van der Waals surface area contributed by atoms with Gasteiger partial charge in [0.05, 0.1) is 0 Å². The van der Waals surface area contributed by atoms with E-state index in [1.54, 1.807) is 0 Å². The van der Waals surface area contributed by atoms with Crippen molar-refractivity contribution in [2.45, 2.75) is 19.3 Å². The minimum Gasteiger partial charge on any atom is -0.218 e. The number of rotatable bonds is 1. The van der Waals surface area contributed by atoms with Crippen molar-refractivity contribution in [2.75, 3.05) is 11.5 Å². The van der Waals surface area contributed by atoms with Gasteiger partial charge in [-0.1, -0.05) is 6.07 Å². The maximum atomic E-state index is 4.59. The summed E-state index contributed by atoms with van der Waals surface area (Å²) in [5.74, 6) is 4.01. The Kier molecular flexibility index (Phi) is 2.16. The second-order valence-corrected chi connectivity index (χ2v) is 5.12. The van der Waals surface area contributed by atoms with E-state index in [-0.39, 0.29) is 0 Å². The molecule has 1 saturated heterocycles. The van der Waals surface area contributed by atoms with Crippen LogP contribution in [0.1, 0.15) is 23.9 Å². The van der Waals surface area contributed by atoms with E-state index in [0.717, 1.165) is 17.2 Å². The summed E-state index contributed by atoms with van der Waals surface area (Å²) in [6, 6.07) is 6.12. The average molecular weight is 219 g/mol. The molecule has 0 aromatic carbocycles. The summed E-state index contributed by atoms with van der Waals surface area (Å²) < 4.78 is 1.94. The molecule has 4 heteroatoms. The number of thioether (sulfide) groups is 1. The molecule has 3 rings (SSSR count). The van der Waals surface area contributed by atoms with Gasteiger partial charge in [-0.3, -0.25) is 0 Å². The molecule has 0 amide bonds. The molecule has 0 radical (unpaired) electrons. The summed E-state index contributed by atoms with van der Waals surface area (Å²) in [4.78, 5) is 4.59. The van der Waals surface area contributed by atoms with Crippen LogP contribution in [0.25, 0.3) is 5.65 Å². The second-order valence-electron chi connectivity index (χ2n) is 3.97. The zero-order valence-corrected chi connectivity index (χ0v) is 9.50. The van der Waals surface area contributed by atoms with Crippen LogP contribution in [0.4, 0.5) is 0 Å². The van der Waals surface area contributed by atoms with Gasteiger partial charge in [0.2, 0.25) is 0 Å². The molecule has 0 saturated carbocycles. The van der Waals surface area contributed by atoms with Gasteiger partial charge in [0, 0.05) is 17.4 Å². The highest BCUT2D eigenvalue weighted by atomic mass is 32.2. The summed E-state index contributed by atoms with van der Waals surface area (Å²) in [6.07, 6.45) is 1.22. The fourth-order valence-corrected chi connectivity index (χ4v) is 3.18. The maximum Gasteiger partial charge on any atom is 0.155 e. The molecule has 0 bridgehead atoms. The summed E-state index contributed by atoms with van der Waals surface area (Å²) in [6.45, 7) is 2.06. The first-order valence-corrected chi connectivity index (χ1v) is 6.40. The molecular formula is C11H13N3S. The Bertz CT molecular complexity index is 486. The zero-order valence-electron chi connectivity index (χ0n) is 8.68. The number of hydrogen-bond acceptors (Lipinski definition) is 3. The molecule has 3 nitrogen and oxygen atoms in total. The maximum absolute atomic E-state index is 4.59. The standard InChI is InChI=1S/C11H13N3S/c1-8-3-2-4-10-12-11(13-14(8)10)9-5-6-15-7-9/h2-4,9H,5-7H2,1H3. The number of aryl methyl sites for hydroxylation is 1. The zero-order chi connectivity index (χ0) is 10.3. The minimum absolute atomic E-state index is 0.564. The normalized spacial score (nSPS) is 21.3. The van der Waals surface area contributed by atoms with E-state index in [1.807, 2.05) is 28.4 Å². The molecular weight excluding hydrogens is 206 g/mol. The topological polar surface area (TPSA) is 30.2 Å². The molecule has 1 atom stereocenters. The van der Waals surface area contributed by atoms with Crippen molar-refractivity contribution in [3.63, 3.8) is 0 Å². The Morgan fingerprint density at radius 2 is 2.40 bits per heavy atom. The van der Waals surface area contributed by atoms with Crippen LogP contribution >= 0.6 is 11.8 Å². The van der Waals surface area contributed by atoms with Gasteiger partial charge in [0.1, 0.15) is 0 Å². The van der Waals surface area contributed by atoms with Gasteiger partial charge in [0.15, 0.2) is 11.5 Å². The van der Waals surface area contributed by atoms with Crippen molar-refractivity contribution in [1.29, 1.82) is 0 Å². The number of hydrogen-bond donors (Lipinski definition) is 0. The molecule has 15 heavy (non-hydrogen) atoms. The van der Waals surface area contributed by atoms with Crippen LogP contribution in [0.5, 0.6) is 0 Å². The lowest BCUT2D eigenvalue weighted by Gasteiger charge is -1.99. The van der Waals surface area contributed by atoms with Crippen molar-refractivity contribution in [2.24, 2.45) is 0 Å². The van der Waals surface area contributed by atoms with Gasteiger partial charge in [-0.05, 0) is 31.2 Å². The van der Waals surface area contributed by atoms with Crippen molar-refractivity contribution in [3.05, 3.63) is 29.7 Å². The average Bonchev–Trinajstić information content (AvgIpc) is 2.86. The first-order chi connectivity index (χ1) is 7.34. The summed E-state index contributed by atoms with van der Waals surface area (Å²) >= 11 is 2.00. The molecule has 0 N–H and O–H groups in total. The molecule has 2 aromatic heterocycles. The predicted octanol–water partition coefficient (Wildman–Crippen LogP) is 2.26. The second kappa shape index (κ2) is 3.52. The highest BCUT2D eigenvalue weighted by Crippen LogP contribution is 2.30. The quantitative estimate of drug-likeness (QED) is 0.737. The molecule has 78 valence electrons. The Morgan fingerprint density at radius 3 is 3.13 bits per heavy atom. The molecule has 3 heterocycles. The van der Waals surface area contributed by atoms with Gasteiger partial charge >= 0.3 is 0 Å². The SMILES string of the molecule is Cc1cccc2nc(C3CCSC3)nn12. The molecule has 1 unspecified atom stereocenters. The van der Waals surface area contributed by atoms with E-state index in [2.05, 4.69) is 23.1 Å². The third-order valence-electron chi connectivity index (χ3n) is 2.86. The summed E-state index contributed by atoms with van der Waals surface area (Å²) in [5.41, 5.74) is 2.12. The molecule has 2 aromatic rings. The number of aromatic nitrogens is 3. The molecule has 1 aliphatic heterocycles. The van der Waals surface area contributed by atoms with Crippen LogP contribution in [0.3, 0.4) is 0 Å². The smallest absolute Gasteiger partial charge is 0.155 e. The molecule has 1 fully saturated rings. The predicted molar refractivity (Wildman–Crippen MR) is 62.4 cm³/mol. The third-order valence-corrected chi connectivity index (χ3v) is 4.02. The van der Waals surface area contributed by atoms with E-state index >= 15 is 0 Å². The van der Waals surface area contributed by atoms with Crippen molar-refractivity contribution in [1.82, 2.24) is 14.6 Å². The Balaban J connectivity index is 2.09. The van der Waals surface area contributed by atoms with E-state index < -0.39 is 0 Å². The van der Waals surface area contributed by atoms with Crippen LogP contribution in [-0.4, -0.2) is 26.1 Å². The number of nitrogens with zero attached hydrogens (tertiary/aromatic N) is 3. The van der Waals surface area contributed by atoms with Crippen LogP contribution in [0.15, 0.2) is 18.2 Å². The third kappa shape index (κ3) is 1.53. The van der Waals surface area contributed by atoms with E-state index in [4.69, 9.17) is 0 Å². The largest absolute Gasteiger partial charge is 0.218 e. The number of pyridine rings is 1. The van der Waals surface area contributed by atoms with Crippen LogP contribution in [0, 0.1) is 6.92 Å². The lowest BCUT2D eigenvalue weighted by atomic mass is 10.1. The lowest BCUT2D eigenvalue weighted by Crippen LogP contribution is -2.00. The minimum atomic E-state index is 0.564. The Hall–Kier alpha value is -1.03. The summed E-state index contributed by atoms with van der Waals surface area (Å²) in [5, 5.41) is 4.59. The fourth-order valence-electron chi connectivity index (χ4n) is 1.96. The van der Waals surface area contributed by atoms with Crippen LogP contribution < -0.4 is 0 Å². The van der Waals surface area contributed by atoms with Crippen LogP contribution in [-0.2, 0) is 0 Å². The fraction of sp³-hybridized carbons (Fsp3) is 0.455. The Labute approximate surface area is 92.9 Å². The van der Waals surface area contributed by atoms with Gasteiger partial charge in [-0.15, -0.1) is 0 Å². The van der Waals surface area contributed by atoms with Crippen molar-refractivity contribution >= 4 is 17.4 Å². The van der Waals surface area contributed by atoms with Gasteiger partial charge in [0.25, 0.3) is 0 Å². The van der Waals surface area contributed by atoms with Gasteiger partial charge < -0.3 is 0 Å². The highest BCUT2D eigenvalue weighted by Gasteiger charge is 2.21. The van der Waals surface area contributed by atoms with E-state index in [1.165, 1.54) is 17.9 Å². The first-order valence-electron chi connectivity index (χ1n) is 5.24. The van der Waals surface area contributed by atoms with E-state index in [9.17, 15) is 0 Å². The van der Waals surface area contributed by atoms with Crippen molar-refractivity contribution < 1.29 is 0 Å². The number of fused-ring (bicyclic) bond motifs is 1. The van der Waals surface area contributed by atoms with Gasteiger partial charge in [-0.25, -0.2) is 9.50 Å². The monoisotopic (exact) mass is 219 g/mol. The Morgan fingerprint density at radius 1 is 1.47 bits per heavy atom. The van der Waals surface area contributed by atoms with Crippen molar-refractivity contribution in [3.8, 4) is 0 Å². The van der Waals surface area contributed by atoms with Gasteiger partial charge in [-0.2, -0.15) is 16.9 Å². The first kappa shape index (κ1) is 9.21. The summed E-state index contributed by atoms with van der Waals surface area (Å²) in [7, 11) is 0. The highest BCUT2D eigenvalue weighted by molar-refractivity contribution is 7.99.